The van der Waals surface area contributed by atoms with Crippen molar-refractivity contribution in [2.75, 3.05) is 39.3 Å². The third kappa shape index (κ3) is 4.82. The summed E-state index contributed by atoms with van der Waals surface area (Å²) >= 11 is 0. The molecule has 0 N–H and O–H groups in total. The van der Waals surface area contributed by atoms with Gasteiger partial charge in [-0.25, -0.2) is 4.98 Å². The second-order valence-corrected chi connectivity index (χ2v) is 7.30. The Morgan fingerprint density at radius 2 is 1.71 bits per heavy atom. The first-order valence-electron chi connectivity index (χ1n) is 10.3. The van der Waals surface area contributed by atoms with Gasteiger partial charge >= 0.3 is 0 Å². The monoisotopic (exact) mass is 421 g/mol. The van der Waals surface area contributed by atoms with E-state index in [1.165, 1.54) is 0 Å². The standard InChI is InChI=1S/C24H27N3O4/c1-28-19-7-8-22(29-2)21(16-19)17-5-4-6-20(15-17)31-18-10-13-27(14-11-18)24-25-12-9-23(26-24)30-3/h4-9,12,15-16,18H,10-11,13-14H2,1-3H3. The maximum atomic E-state index is 6.31. The highest BCUT2D eigenvalue weighted by Gasteiger charge is 2.23. The van der Waals surface area contributed by atoms with E-state index in [0.717, 1.165) is 54.3 Å². The number of piperidine rings is 1. The van der Waals surface area contributed by atoms with Crippen molar-refractivity contribution in [2.45, 2.75) is 18.9 Å². The van der Waals surface area contributed by atoms with Crippen LogP contribution in [0.5, 0.6) is 23.1 Å². The summed E-state index contributed by atoms with van der Waals surface area (Å²) in [6, 6.07) is 15.6. The average Bonchev–Trinajstić information content (AvgIpc) is 2.84. The summed E-state index contributed by atoms with van der Waals surface area (Å²) in [7, 11) is 4.95. The smallest absolute Gasteiger partial charge is 0.228 e. The summed E-state index contributed by atoms with van der Waals surface area (Å²) in [6.07, 6.45) is 3.66. The van der Waals surface area contributed by atoms with Crippen LogP contribution in [0.15, 0.2) is 54.7 Å². The topological polar surface area (TPSA) is 65.9 Å². The van der Waals surface area contributed by atoms with Gasteiger partial charge in [-0.3, -0.25) is 0 Å². The van der Waals surface area contributed by atoms with Crippen LogP contribution in [-0.2, 0) is 0 Å². The highest BCUT2D eigenvalue weighted by Crippen LogP contribution is 2.35. The molecule has 31 heavy (non-hydrogen) atoms. The number of benzene rings is 2. The number of anilines is 1. The molecule has 1 fully saturated rings. The molecule has 0 atom stereocenters. The molecule has 1 aromatic heterocycles. The van der Waals surface area contributed by atoms with Crippen LogP contribution < -0.4 is 23.8 Å². The Labute approximate surface area is 182 Å². The normalized spacial score (nSPS) is 14.2. The fraction of sp³-hybridized carbons (Fsp3) is 0.333. The Bertz CT molecular complexity index is 1020. The zero-order valence-electron chi connectivity index (χ0n) is 18.1. The lowest BCUT2D eigenvalue weighted by atomic mass is 10.0. The molecule has 0 bridgehead atoms. The van der Waals surface area contributed by atoms with Gasteiger partial charge in [0.25, 0.3) is 0 Å². The maximum Gasteiger partial charge on any atom is 0.228 e. The number of nitrogens with zero attached hydrogens (tertiary/aromatic N) is 3. The lowest BCUT2D eigenvalue weighted by Gasteiger charge is -2.32. The third-order valence-corrected chi connectivity index (χ3v) is 5.41. The molecule has 0 radical (unpaired) electrons. The number of hydrogen-bond acceptors (Lipinski definition) is 7. The van der Waals surface area contributed by atoms with Gasteiger partial charge in [0.15, 0.2) is 0 Å². The van der Waals surface area contributed by atoms with Crippen LogP contribution in [0, 0.1) is 0 Å². The van der Waals surface area contributed by atoms with Crippen molar-refractivity contribution in [3.05, 3.63) is 54.7 Å². The molecule has 0 aliphatic carbocycles. The molecule has 1 saturated heterocycles. The van der Waals surface area contributed by atoms with E-state index in [1.54, 1.807) is 33.6 Å². The van der Waals surface area contributed by atoms with Gasteiger partial charge in [0, 0.05) is 43.8 Å². The van der Waals surface area contributed by atoms with E-state index in [-0.39, 0.29) is 6.10 Å². The van der Waals surface area contributed by atoms with E-state index < -0.39 is 0 Å². The van der Waals surface area contributed by atoms with Gasteiger partial charge in [-0.2, -0.15) is 4.98 Å². The van der Waals surface area contributed by atoms with Crippen molar-refractivity contribution >= 4 is 5.95 Å². The van der Waals surface area contributed by atoms with Gasteiger partial charge < -0.3 is 23.8 Å². The van der Waals surface area contributed by atoms with Crippen LogP contribution in [0.4, 0.5) is 5.95 Å². The van der Waals surface area contributed by atoms with Crippen LogP contribution in [0.3, 0.4) is 0 Å². The van der Waals surface area contributed by atoms with Crippen LogP contribution in [-0.4, -0.2) is 50.5 Å². The van der Waals surface area contributed by atoms with Gasteiger partial charge in [-0.05, 0) is 35.9 Å². The highest BCUT2D eigenvalue weighted by atomic mass is 16.5. The van der Waals surface area contributed by atoms with Crippen molar-refractivity contribution in [3.8, 4) is 34.3 Å². The van der Waals surface area contributed by atoms with E-state index in [2.05, 4.69) is 20.9 Å². The lowest BCUT2D eigenvalue weighted by Crippen LogP contribution is -2.39. The largest absolute Gasteiger partial charge is 0.497 e. The first-order valence-corrected chi connectivity index (χ1v) is 10.3. The molecule has 1 aliphatic rings. The van der Waals surface area contributed by atoms with Gasteiger partial charge in [0.05, 0.1) is 21.3 Å². The first kappa shape index (κ1) is 20.8. The molecule has 0 saturated carbocycles. The zero-order valence-corrected chi connectivity index (χ0v) is 18.1. The van der Waals surface area contributed by atoms with Crippen molar-refractivity contribution in [1.29, 1.82) is 0 Å². The summed E-state index contributed by atoms with van der Waals surface area (Å²) in [4.78, 5) is 11.0. The molecule has 7 nitrogen and oxygen atoms in total. The Morgan fingerprint density at radius 1 is 0.871 bits per heavy atom. The fourth-order valence-corrected chi connectivity index (χ4v) is 3.74. The number of hydrogen-bond donors (Lipinski definition) is 0. The van der Waals surface area contributed by atoms with E-state index in [4.69, 9.17) is 18.9 Å². The quantitative estimate of drug-likeness (QED) is 0.566. The summed E-state index contributed by atoms with van der Waals surface area (Å²) in [5.74, 6) is 3.70. The van der Waals surface area contributed by atoms with Gasteiger partial charge in [-0.1, -0.05) is 12.1 Å². The van der Waals surface area contributed by atoms with Crippen LogP contribution in [0.25, 0.3) is 11.1 Å². The molecule has 4 rings (SSSR count). The highest BCUT2D eigenvalue weighted by molar-refractivity contribution is 5.73. The average molecular weight is 421 g/mol. The molecular formula is C24H27N3O4. The number of aromatic nitrogens is 2. The zero-order chi connectivity index (χ0) is 21.6. The molecular weight excluding hydrogens is 394 g/mol. The Balaban J connectivity index is 1.43. The van der Waals surface area contributed by atoms with Crippen LogP contribution in [0.2, 0.25) is 0 Å². The van der Waals surface area contributed by atoms with E-state index in [0.29, 0.717) is 11.8 Å². The second kappa shape index (κ2) is 9.55. The van der Waals surface area contributed by atoms with E-state index in [1.807, 2.05) is 36.4 Å². The molecule has 0 spiro atoms. The summed E-state index contributed by atoms with van der Waals surface area (Å²) < 4.78 is 22.4. The Hall–Kier alpha value is -3.48. The number of ether oxygens (including phenoxy) is 4. The third-order valence-electron chi connectivity index (χ3n) is 5.41. The predicted molar refractivity (Wildman–Crippen MR) is 119 cm³/mol. The van der Waals surface area contributed by atoms with Crippen LogP contribution >= 0.6 is 0 Å². The summed E-state index contributed by atoms with van der Waals surface area (Å²) in [5, 5.41) is 0. The minimum Gasteiger partial charge on any atom is -0.497 e. The minimum absolute atomic E-state index is 0.143. The van der Waals surface area contributed by atoms with Crippen LogP contribution in [0.1, 0.15) is 12.8 Å². The van der Waals surface area contributed by atoms with Crippen molar-refractivity contribution in [1.82, 2.24) is 9.97 Å². The first-order chi connectivity index (χ1) is 15.2. The molecule has 2 heterocycles. The minimum atomic E-state index is 0.143. The van der Waals surface area contributed by atoms with Gasteiger partial charge in [0.2, 0.25) is 11.8 Å². The Morgan fingerprint density at radius 3 is 2.45 bits per heavy atom. The molecule has 0 unspecified atom stereocenters. The second-order valence-electron chi connectivity index (χ2n) is 7.30. The number of methoxy groups -OCH3 is 3. The number of rotatable bonds is 7. The molecule has 0 amide bonds. The molecule has 7 heteroatoms. The molecule has 2 aromatic carbocycles. The van der Waals surface area contributed by atoms with Gasteiger partial charge in [0.1, 0.15) is 23.4 Å². The van der Waals surface area contributed by atoms with Crippen molar-refractivity contribution < 1.29 is 18.9 Å². The fourth-order valence-electron chi connectivity index (χ4n) is 3.74. The summed E-state index contributed by atoms with van der Waals surface area (Å²) in [6.45, 7) is 1.67. The maximum absolute atomic E-state index is 6.31. The van der Waals surface area contributed by atoms with E-state index >= 15 is 0 Å². The van der Waals surface area contributed by atoms with Crippen molar-refractivity contribution in [3.63, 3.8) is 0 Å². The van der Waals surface area contributed by atoms with E-state index in [9.17, 15) is 0 Å². The lowest BCUT2D eigenvalue weighted by molar-refractivity contribution is 0.170. The SMILES string of the molecule is COc1ccc(OC)c(-c2cccc(OC3CCN(c4nccc(OC)n4)CC3)c2)c1. The summed E-state index contributed by atoms with van der Waals surface area (Å²) in [5.41, 5.74) is 1.99. The predicted octanol–water partition coefficient (Wildman–Crippen LogP) is 4.22. The molecule has 1 aliphatic heterocycles. The van der Waals surface area contributed by atoms with Gasteiger partial charge in [-0.15, -0.1) is 0 Å². The Kier molecular flexibility index (Phi) is 6.40. The van der Waals surface area contributed by atoms with Crippen molar-refractivity contribution in [2.24, 2.45) is 0 Å². The molecule has 3 aromatic rings. The molecule has 162 valence electrons.